The average molecular weight is 297 g/mol. The van der Waals surface area contributed by atoms with Crippen LogP contribution in [0.2, 0.25) is 0 Å². The lowest BCUT2D eigenvalue weighted by atomic mass is 9.99. The van der Waals surface area contributed by atoms with Crippen molar-refractivity contribution in [2.24, 2.45) is 0 Å². The van der Waals surface area contributed by atoms with Crippen LogP contribution in [0.15, 0.2) is 0 Å². The standard InChI is InChI=1S/C15H27N3OS/c19-15(14-12-20-11-6-16-14)18-9-4-13(5-10-18)17-7-2-1-3-8-17/h13-14,16H,1-12H2. The van der Waals surface area contributed by atoms with Gasteiger partial charge < -0.3 is 15.1 Å². The largest absolute Gasteiger partial charge is 0.341 e. The first-order valence-corrected chi connectivity index (χ1v) is 9.34. The van der Waals surface area contributed by atoms with Gasteiger partial charge >= 0.3 is 0 Å². The summed E-state index contributed by atoms with van der Waals surface area (Å²) in [5.41, 5.74) is 0. The summed E-state index contributed by atoms with van der Waals surface area (Å²) in [5, 5.41) is 3.37. The lowest BCUT2D eigenvalue weighted by molar-refractivity contribution is -0.134. The van der Waals surface area contributed by atoms with Gasteiger partial charge in [-0.15, -0.1) is 0 Å². The van der Waals surface area contributed by atoms with Crippen molar-refractivity contribution >= 4 is 17.7 Å². The van der Waals surface area contributed by atoms with Gasteiger partial charge in [0.15, 0.2) is 0 Å². The molecule has 1 unspecified atom stereocenters. The lowest BCUT2D eigenvalue weighted by Gasteiger charge is -2.41. The van der Waals surface area contributed by atoms with Crippen molar-refractivity contribution in [3.63, 3.8) is 0 Å². The van der Waals surface area contributed by atoms with Crippen LogP contribution in [-0.4, -0.2) is 72.0 Å². The molecule has 0 aromatic heterocycles. The monoisotopic (exact) mass is 297 g/mol. The Hall–Kier alpha value is -0.260. The van der Waals surface area contributed by atoms with E-state index in [2.05, 4.69) is 15.1 Å². The molecule has 1 N–H and O–H groups in total. The summed E-state index contributed by atoms with van der Waals surface area (Å²) in [5.74, 6) is 2.43. The fourth-order valence-electron chi connectivity index (χ4n) is 3.68. The average Bonchev–Trinajstić information content (AvgIpc) is 2.56. The van der Waals surface area contributed by atoms with Gasteiger partial charge in [0.2, 0.25) is 5.91 Å². The minimum absolute atomic E-state index is 0.0697. The minimum Gasteiger partial charge on any atom is -0.341 e. The highest BCUT2D eigenvalue weighted by atomic mass is 32.2. The van der Waals surface area contributed by atoms with Gasteiger partial charge in [-0.05, 0) is 38.8 Å². The number of amides is 1. The summed E-state index contributed by atoms with van der Waals surface area (Å²) in [7, 11) is 0. The van der Waals surface area contributed by atoms with E-state index in [1.54, 1.807) is 0 Å². The Morgan fingerprint density at radius 1 is 1.05 bits per heavy atom. The summed E-state index contributed by atoms with van der Waals surface area (Å²) in [6.45, 7) is 5.45. The zero-order chi connectivity index (χ0) is 13.8. The number of carbonyl (C=O) groups is 1. The third-order valence-corrected chi connectivity index (χ3v) is 5.96. The van der Waals surface area contributed by atoms with Crippen LogP contribution in [0.1, 0.15) is 32.1 Å². The second kappa shape index (κ2) is 7.14. The number of hydrogen-bond acceptors (Lipinski definition) is 4. The van der Waals surface area contributed by atoms with Crippen LogP contribution in [0.5, 0.6) is 0 Å². The molecule has 0 radical (unpaired) electrons. The van der Waals surface area contributed by atoms with Crippen molar-refractivity contribution < 1.29 is 4.79 Å². The number of nitrogens with zero attached hydrogens (tertiary/aromatic N) is 2. The van der Waals surface area contributed by atoms with E-state index in [9.17, 15) is 4.79 Å². The third-order valence-electron chi connectivity index (χ3n) is 4.90. The number of thioether (sulfide) groups is 1. The van der Waals surface area contributed by atoms with E-state index in [1.807, 2.05) is 11.8 Å². The first kappa shape index (κ1) is 14.7. The van der Waals surface area contributed by atoms with E-state index in [4.69, 9.17) is 0 Å². The highest BCUT2D eigenvalue weighted by Crippen LogP contribution is 2.21. The highest BCUT2D eigenvalue weighted by molar-refractivity contribution is 7.99. The van der Waals surface area contributed by atoms with Gasteiger partial charge in [-0.3, -0.25) is 4.79 Å². The fraction of sp³-hybridized carbons (Fsp3) is 0.933. The molecule has 1 atom stereocenters. The van der Waals surface area contributed by atoms with Gasteiger partial charge in [-0.2, -0.15) is 11.8 Å². The molecule has 20 heavy (non-hydrogen) atoms. The molecular formula is C15H27N3OS. The molecule has 1 amide bonds. The van der Waals surface area contributed by atoms with Crippen LogP contribution < -0.4 is 5.32 Å². The van der Waals surface area contributed by atoms with Crippen molar-refractivity contribution in [2.45, 2.75) is 44.2 Å². The zero-order valence-electron chi connectivity index (χ0n) is 12.4. The quantitative estimate of drug-likeness (QED) is 0.830. The number of rotatable bonds is 2. The molecule has 5 heteroatoms. The van der Waals surface area contributed by atoms with Gasteiger partial charge in [-0.25, -0.2) is 0 Å². The number of likely N-dealkylation sites (tertiary alicyclic amines) is 2. The Balaban J connectivity index is 1.46. The number of carbonyl (C=O) groups excluding carboxylic acids is 1. The lowest BCUT2D eigenvalue weighted by Crippen LogP contribution is -2.54. The Kier molecular flexibility index (Phi) is 5.24. The van der Waals surface area contributed by atoms with Crippen molar-refractivity contribution in [1.29, 1.82) is 0 Å². The van der Waals surface area contributed by atoms with Crippen molar-refractivity contribution in [3.05, 3.63) is 0 Å². The van der Waals surface area contributed by atoms with Crippen LogP contribution in [0.4, 0.5) is 0 Å². The first-order chi connectivity index (χ1) is 9.84. The van der Waals surface area contributed by atoms with E-state index < -0.39 is 0 Å². The summed E-state index contributed by atoms with van der Waals surface area (Å²) >= 11 is 1.90. The van der Waals surface area contributed by atoms with Gasteiger partial charge in [0, 0.05) is 37.2 Å². The van der Waals surface area contributed by atoms with Crippen molar-refractivity contribution in [2.75, 3.05) is 44.2 Å². The molecule has 0 aromatic carbocycles. The first-order valence-electron chi connectivity index (χ1n) is 8.18. The minimum atomic E-state index is 0.0697. The maximum Gasteiger partial charge on any atom is 0.240 e. The predicted molar refractivity (Wildman–Crippen MR) is 84.1 cm³/mol. The summed E-state index contributed by atoms with van der Waals surface area (Å²) in [4.78, 5) is 17.2. The Labute approximate surface area is 126 Å². The molecule has 3 heterocycles. The summed E-state index contributed by atoms with van der Waals surface area (Å²) in [6, 6.07) is 0.799. The fourth-order valence-corrected chi connectivity index (χ4v) is 4.60. The Bertz CT molecular complexity index is 319. The number of hydrogen-bond donors (Lipinski definition) is 1. The van der Waals surface area contributed by atoms with Crippen LogP contribution in [0.3, 0.4) is 0 Å². The molecule has 0 bridgehead atoms. The maximum absolute atomic E-state index is 12.5. The molecule has 0 aromatic rings. The molecule has 3 rings (SSSR count). The molecule has 3 saturated heterocycles. The molecule has 3 aliphatic rings. The topological polar surface area (TPSA) is 35.6 Å². The van der Waals surface area contributed by atoms with Gasteiger partial charge in [0.05, 0.1) is 6.04 Å². The van der Waals surface area contributed by atoms with Crippen LogP contribution in [-0.2, 0) is 4.79 Å². The Morgan fingerprint density at radius 3 is 2.45 bits per heavy atom. The smallest absolute Gasteiger partial charge is 0.240 e. The third kappa shape index (κ3) is 3.49. The molecule has 3 fully saturated rings. The normalized spacial score (nSPS) is 30.4. The second-order valence-corrected chi connectivity index (χ2v) is 7.38. The number of nitrogens with one attached hydrogen (secondary N) is 1. The van der Waals surface area contributed by atoms with Gasteiger partial charge in [0.1, 0.15) is 0 Å². The van der Waals surface area contributed by atoms with Crippen molar-refractivity contribution in [3.8, 4) is 0 Å². The van der Waals surface area contributed by atoms with Crippen LogP contribution >= 0.6 is 11.8 Å². The van der Waals surface area contributed by atoms with Crippen molar-refractivity contribution in [1.82, 2.24) is 15.1 Å². The molecule has 0 saturated carbocycles. The van der Waals surface area contributed by atoms with E-state index >= 15 is 0 Å². The van der Waals surface area contributed by atoms with Gasteiger partial charge in [-0.1, -0.05) is 6.42 Å². The van der Waals surface area contributed by atoms with Crippen LogP contribution in [0, 0.1) is 0 Å². The maximum atomic E-state index is 12.5. The Morgan fingerprint density at radius 2 is 1.80 bits per heavy atom. The summed E-state index contributed by atoms with van der Waals surface area (Å²) < 4.78 is 0. The molecular weight excluding hydrogens is 270 g/mol. The van der Waals surface area contributed by atoms with E-state index in [0.717, 1.165) is 37.2 Å². The molecule has 0 spiro atoms. The van der Waals surface area contributed by atoms with E-state index in [-0.39, 0.29) is 6.04 Å². The highest BCUT2D eigenvalue weighted by Gasteiger charge is 2.31. The molecule has 3 aliphatic heterocycles. The van der Waals surface area contributed by atoms with Crippen LogP contribution in [0.25, 0.3) is 0 Å². The van der Waals surface area contributed by atoms with Gasteiger partial charge in [0.25, 0.3) is 0 Å². The molecule has 114 valence electrons. The molecule has 4 nitrogen and oxygen atoms in total. The zero-order valence-corrected chi connectivity index (χ0v) is 13.2. The summed E-state index contributed by atoms with van der Waals surface area (Å²) in [6.07, 6.45) is 6.47. The predicted octanol–water partition coefficient (Wildman–Crippen LogP) is 1.17. The van der Waals surface area contributed by atoms with E-state index in [1.165, 1.54) is 45.2 Å². The number of piperidine rings is 2. The van der Waals surface area contributed by atoms with E-state index in [0.29, 0.717) is 5.91 Å². The SMILES string of the molecule is O=C(C1CSCCN1)N1CCC(N2CCCCC2)CC1. The molecule has 0 aliphatic carbocycles. The second-order valence-electron chi connectivity index (χ2n) is 6.23.